The number of cyclic esters (lactones) is 1. The molecule has 0 aromatic heterocycles. The summed E-state index contributed by atoms with van der Waals surface area (Å²) in [5.41, 5.74) is 0.867. The van der Waals surface area contributed by atoms with Crippen LogP contribution in [0.4, 0.5) is 0 Å². The summed E-state index contributed by atoms with van der Waals surface area (Å²) < 4.78 is 16.4. The van der Waals surface area contributed by atoms with E-state index in [1.54, 1.807) is 6.08 Å². The lowest BCUT2D eigenvalue weighted by molar-refractivity contribution is -0.242. The number of aliphatic hydroxyl groups excluding tert-OH is 3. The first-order valence-corrected chi connectivity index (χ1v) is 9.50. The summed E-state index contributed by atoms with van der Waals surface area (Å²) in [6, 6.07) is 4.24. The van der Waals surface area contributed by atoms with Gasteiger partial charge in [0.05, 0.1) is 6.61 Å². The smallest absolute Gasteiger partial charge is 0.335 e. The molecule has 0 aliphatic carbocycles. The zero-order valence-electron chi connectivity index (χ0n) is 16.3. The van der Waals surface area contributed by atoms with Gasteiger partial charge in [-0.2, -0.15) is 0 Å². The maximum atomic E-state index is 12.2. The van der Waals surface area contributed by atoms with Crippen LogP contribution in [0, 0.1) is 5.92 Å². The van der Waals surface area contributed by atoms with E-state index in [2.05, 4.69) is 0 Å². The molecule has 2 heterocycles. The van der Waals surface area contributed by atoms with Gasteiger partial charge in [-0.1, -0.05) is 26.0 Å². The Hall–Kier alpha value is -2.39. The average molecular weight is 406 g/mol. The van der Waals surface area contributed by atoms with E-state index < -0.39 is 36.7 Å². The molecule has 2 aliphatic rings. The van der Waals surface area contributed by atoms with Crippen LogP contribution in [0.15, 0.2) is 42.0 Å². The molecule has 1 aromatic rings. The standard InChI is InChI=1S/C21H26O8/c1-11(2)4-3-5-12-8-17(28-20(12)26)14-9-13(22)6-7-16(14)29-21-19(25)18(24)15(23)10-27-21/h3-4,6-9,11,15,17-19,21-25H,5,10H2,1-2H3. The highest BCUT2D eigenvalue weighted by atomic mass is 16.7. The van der Waals surface area contributed by atoms with E-state index in [-0.39, 0.29) is 18.1 Å². The van der Waals surface area contributed by atoms with Crippen LogP contribution in [-0.4, -0.2) is 57.6 Å². The van der Waals surface area contributed by atoms with Crippen LogP contribution in [0.5, 0.6) is 11.5 Å². The number of ether oxygens (including phenoxy) is 3. The molecular weight excluding hydrogens is 380 g/mol. The minimum absolute atomic E-state index is 0.0504. The van der Waals surface area contributed by atoms with Gasteiger partial charge in [0.2, 0.25) is 6.29 Å². The van der Waals surface area contributed by atoms with Gasteiger partial charge in [-0.05, 0) is 36.6 Å². The van der Waals surface area contributed by atoms with Crippen molar-refractivity contribution in [3.05, 3.63) is 47.6 Å². The summed E-state index contributed by atoms with van der Waals surface area (Å²) in [5.74, 6) is 0.0739. The van der Waals surface area contributed by atoms with E-state index in [0.29, 0.717) is 23.5 Å². The van der Waals surface area contributed by atoms with Gasteiger partial charge in [0.15, 0.2) is 0 Å². The van der Waals surface area contributed by atoms with Gasteiger partial charge >= 0.3 is 5.97 Å². The SMILES string of the molecule is CC(C)C=CCC1=CC(c2cc(O)ccc2OC2OCC(O)C(O)C2O)OC1=O. The Balaban J connectivity index is 1.80. The Morgan fingerprint density at radius 3 is 2.72 bits per heavy atom. The molecule has 8 nitrogen and oxygen atoms in total. The van der Waals surface area contributed by atoms with E-state index in [1.807, 2.05) is 26.0 Å². The fourth-order valence-electron chi connectivity index (χ4n) is 3.12. The lowest BCUT2D eigenvalue weighted by Gasteiger charge is -2.35. The predicted octanol–water partition coefficient (Wildman–Crippen LogP) is 1.34. The Labute approximate surface area is 168 Å². The summed E-state index contributed by atoms with van der Waals surface area (Å²) in [6.45, 7) is 3.87. The molecule has 0 radical (unpaired) electrons. The van der Waals surface area contributed by atoms with Crippen LogP contribution in [0.2, 0.25) is 0 Å². The Morgan fingerprint density at radius 1 is 1.24 bits per heavy atom. The first-order chi connectivity index (χ1) is 13.8. The van der Waals surface area contributed by atoms with Crippen molar-refractivity contribution in [2.75, 3.05) is 6.61 Å². The molecule has 158 valence electrons. The molecule has 0 saturated carbocycles. The largest absolute Gasteiger partial charge is 0.508 e. The van der Waals surface area contributed by atoms with Gasteiger partial charge in [0, 0.05) is 11.1 Å². The zero-order valence-corrected chi connectivity index (χ0v) is 16.3. The highest BCUT2D eigenvalue weighted by molar-refractivity contribution is 5.91. The van der Waals surface area contributed by atoms with Gasteiger partial charge in [-0.25, -0.2) is 4.79 Å². The van der Waals surface area contributed by atoms with Crippen LogP contribution in [0.25, 0.3) is 0 Å². The molecule has 0 spiro atoms. The number of hydrogen-bond donors (Lipinski definition) is 4. The van der Waals surface area contributed by atoms with E-state index in [4.69, 9.17) is 14.2 Å². The second-order valence-corrected chi connectivity index (χ2v) is 7.48. The number of benzene rings is 1. The molecule has 5 atom stereocenters. The molecule has 0 bridgehead atoms. The van der Waals surface area contributed by atoms with Gasteiger partial charge < -0.3 is 34.6 Å². The fraction of sp³-hybridized carbons (Fsp3) is 0.476. The lowest BCUT2D eigenvalue weighted by Crippen LogP contribution is -2.54. The van der Waals surface area contributed by atoms with Crippen molar-refractivity contribution in [3.8, 4) is 11.5 Å². The van der Waals surface area contributed by atoms with Gasteiger partial charge in [-0.15, -0.1) is 0 Å². The fourth-order valence-corrected chi connectivity index (χ4v) is 3.12. The van der Waals surface area contributed by atoms with Crippen molar-refractivity contribution < 1.29 is 39.4 Å². The van der Waals surface area contributed by atoms with Crippen molar-refractivity contribution in [3.63, 3.8) is 0 Å². The number of aliphatic hydroxyl groups is 3. The number of allylic oxidation sites excluding steroid dienone is 2. The number of phenolic OH excluding ortho intramolecular Hbond substituents is 1. The number of carbonyl (C=O) groups excluding carboxylic acids is 1. The second-order valence-electron chi connectivity index (χ2n) is 7.48. The van der Waals surface area contributed by atoms with Crippen LogP contribution in [-0.2, 0) is 14.3 Å². The number of phenols is 1. The molecule has 1 fully saturated rings. The minimum atomic E-state index is -1.47. The van der Waals surface area contributed by atoms with Crippen molar-refractivity contribution in [1.29, 1.82) is 0 Å². The van der Waals surface area contributed by atoms with Crippen molar-refractivity contribution in [1.82, 2.24) is 0 Å². The number of esters is 1. The minimum Gasteiger partial charge on any atom is -0.508 e. The first kappa shape index (κ1) is 21.3. The lowest BCUT2D eigenvalue weighted by atomic mass is 10.0. The second kappa shape index (κ2) is 8.96. The quantitative estimate of drug-likeness (QED) is 0.412. The Morgan fingerprint density at radius 2 is 2.00 bits per heavy atom. The molecule has 8 heteroatoms. The maximum absolute atomic E-state index is 12.2. The number of rotatable bonds is 6. The molecule has 2 aliphatic heterocycles. The number of carbonyl (C=O) groups is 1. The molecular formula is C21H26O8. The average Bonchev–Trinajstić information content (AvgIpc) is 3.03. The van der Waals surface area contributed by atoms with Crippen LogP contribution < -0.4 is 4.74 Å². The Kier molecular flexibility index (Phi) is 6.59. The third-order valence-corrected chi connectivity index (χ3v) is 4.70. The molecule has 1 aromatic carbocycles. The van der Waals surface area contributed by atoms with E-state index in [9.17, 15) is 25.2 Å². The molecule has 4 N–H and O–H groups in total. The van der Waals surface area contributed by atoms with E-state index in [1.165, 1.54) is 18.2 Å². The van der Waals surface area contributed by atoms with E-state index in [0.717, 1.165) is 0 Å². The van der Waals surface area contributed by atoms with Crippen LogP contribution in [0.1, 0.15) is 31.9 Å². The summed E-state index contributed by atoms with van der Waals surface area (Å²) >= 11 is 0. The van der Waals surface area contributed by atoms with Crippen molar-refractivity contribution in [2.45, 2.75) is 51.0 Å². The normalized spacial score (nSPS) is 29.9. The maximum Gasteiger partial charge on any atom is 0.335 e. The molecule has 0 amide bonds. The first-order valence-electron chi connectivity index (χ1n) is 9.50. The van der Waals surface area contributed by atoms with Crippen LogP contribution >= 0.6 is 0 Å². The third kappa shape index (κ3) is 4.97. The molecule has 3 rings (SSSR count). The van der Waals surface area contributed by atoms with Gasteiger partial charge in [0.25, 0.3) is 0 Å². The summed E-state index contributed by atoms with van der Waals surface area (Å²) in [6.07, 6.45) is -0.136. The summed E-state index contributed by atoms with van der Waals surface area (Å²) in [4.78, 5) is 12.2. The highest BCUT2D eigenvalue weighted by Gasteiger charge is 2.39. The summed E-state index contributed by atoms with van der Waals surface area (Å²) in [5, 5.41) is 39.4. The number of hydrogen-bond acceptors (Lipinski definition) is 8. The highest BCUT2D eigenvalue weighted by Crippen LogP contribution is 2.38. The van der Waals surface area contributed by atoms with Gasteiger partial charge in [0.1, 0.15) is 35.9 Å². The third-order valence-electron chi connectivity index (χ3n) is 4.70. The van der Waals surface area contributed by atoms with Gasteiger partial charge in [-0.3, -0.25) is 0 Å². The Bertz CT molecular complexity index is 800. The van der Waals surface area contributed by atoms with E-state index >= 15 is 0 Å². The zero-order chi connectivity index (χ0) is 21.1. The summed E-state index contributed by atoms with van der Waals surface area (Å²) in [7, 11) is 0. The molecule has 5 unspecified atom stereocenters. The van der Waals surface area contributed by atoms with Crippen molar-refractivity contribution >= 4 is 5.97 Å². The van der Waals surface area contributed by atoms with Crippen LogP contribution in [0.3, 0.4) is 0 Å². The predicted molar refractivity (Wildman–Crippen MR) is 102 cm³/mol. The topological polar surface area (TPSA) is 126 Å². The number of aromatic hydroxyl groups is 1. The molecule has 29 heavy (non-hydrogen) atoms. The monoisotopic (exact) mass is 406 g/mol. The van der Waals surface area contributed by atoms with Crippen molar-refractivity contribution in [2.24, 2.45) is 5.92 Å². The molecule has 1 saturated heterocycles.